The lowest BCUT2D eigenvalue weighted by molar-refractivity contribution is 0.102. The Labute approximate surface area is 109 Å². The van der Waals surface area contributed by atoms with Crippen molar-refractivity contribution in [2.75, 3.05) is 18.2 Å². The maximum Gasteiger partial charge on any atom is 0.261 e. The maximum absolute atomic E-state index is 13.2. The Bertz CT molecular complexity index is 624. The van der Waals surface area contributed by atoms with Crippen LogP contribution in [-0.4, -0.2) is 22.8 Å². The molecule has 19 heavy (non-hydrogen) atoms. The van der Waals surface area contributed by atoms with Gasteiger partial charge < -0.3 is 15.8 Å². The Morgan fingerprint density at radius 3 is 2.84 bits per heavy atom. The fourth-order valence-corrected chi connectivity index (χ4v) is 1.56. The molecule has 1 heterocycles. The van der Waals surface area contributed by atoms with Crippen LogP contribution in [0.4, 0.5) is 15.9 Å². The first kappa shape index (κ1) is 12.9. The number of anilines is 2. The van der Waals surface area contributed by atoms with Gasteiger partial charge in [0.25, 0.3) is 5.91 Å². The second kappa shape index (κ2) is 4.97. The third-order valence-electron chi connectivity index (χ3n) is 2.64. The van der Waals surface area contributed by atoms with Crippen molar-refractivity contribution >= 4 is 17.4 Å². The molecule has 3 N–H and O–H groups in total. The van der Waals surface area contributed by atoms with E-state index in [1.807, 2.05) is 0 Å². The molecule has 0 saturated heterocycles. The number of nitrogens with one attached hydrogen (secondary N) is 1. The van der Waals surface area contributed by atoms with E-state index in [0.717, 1.165) is 0 Å². The van der Waals surface area contributed by atoms with Crippen LogP contribution in [-0.2, 0) is 7.05 Å². The minimum atomic E-state index is -0.499. The summed E-state index contributed by atoms with van der Waals surface area (Å²) in [5.74, 6) is -0.607. The number of amides is 1. The van der Waals surface area contributed by atoms with Gasteiger partial charge in [0.1, 0.15) is 11.4 Å². The van der Waals surface area contributed by atoms with Gasteiger partial charge in [-0.05, 0) is 12.1 Å². The van der Waals surface area contributed by atoms with Crippen LogP contribution in [0.1, 0.15) is 10.4 Å². The number of methoxy groups -OCH3 is 1. The van der Waals surface area contributed by atoms with Crippen molar-refractivity contribution in [3.8, 4) is 5.75 Å². The number of rotatable bonds is 3. The fourth-order valence-electron chi connectivity index (χ4n) is 1.56. The molecule has 1 aromatic heterocycles. The molecule has 6 nitrogen and oxygen atoms in total. The normalized spacial score (nSPS) is 10.3. The molecule has 100 valence electrons. The summed E-state index contributed by atoms with van der Waals surface area (Å²) in [4.78, 5) is 12.0. The van der Waals surface area contributed by atoms with Gasteiger partial charge >= 0.3 is 0 Å². The quantitative estimate of drug-likeness (QED) is 0.878. The van der Waals surface area contributed by atoms with E-state index in [1.165, 1.54) is 36.2 Å². The predicted molar refractivity (Wildman–Crippen MR) is 68.5 cm³/mol. The molecule has 1 amide bonds. The Morgan fingerprint density at radius 1 is 1.53 bits per heavy atom. The molecule has 0 fully saturated rings. The van der Waals surface area contributed by atoms with Gasteiger partial charge in [-0.15, -0.1) is 0 Å². The summed E-state index contributed by atoms with van der Waals surface area (Å²) in [5.41, 5.74) is 6.36. The van der Waals surface area contributed by atoms with Crippen LogP contribution in [0.3, 0.4) is 0 Å². The first-order valence-electron chi connectivity index (χ1n) is 5.45. The fraction of sp³-hybridized carbons (Fsp3) is 0.167. The van der Waals surface area contributed by atoms with Gasteiger partial charge in [-0.1, -0.05) is 0 Å². The molecule has 0 radical (unpaired) electrons. The predicted octanol–water partition coefficient (Wildman–Crippen LogP) is 1.40. The summed E-state index contributed by atoms with van der Waals surface area (Å²) in [6.07, 6.45) is 1.37. The number of aryl methyl sites for hydroxylation is 1. The highest BCUT2D eigenvalue weighted by Crippen LogP contribution is 2.22. The SMILES string of the molecule is COc1cc(NC(=O)c2cnn(C)c2N)ccc1F. The highest BCUT2D eigenvalue weighted by Gasteiger charge is 2.14. The number of benzene rings is 1. The summed E-state index contributed by atoms with van der Waals surface area (Å²) in [6, 6.07) is 4.03. The van der Waals surface area contributed by atoms with E-state index in [4.69, 9.17) is 10.5 Å². The van der Waals surface area contributed by atoms with Crippen LogP contribution >= 0.6 is 0 Å². The van der Waals surface area contributed by atoms with Crippen molar-refractivity contribution in [3.63, 3.8) is 0 Å². The summed E-state index contributed by atoms with van der Waals surface area (Å²) in [5, 5.41) is 6.47. The van der Waals surface area contributed by atoms with Crippen LogP contribution in [0.5, 0.6) is 5.75 Å². The number of nitrogen functional groups attached to an aromatic ring is 1. The van der Waals surface area contributed by atoms with Crippen molar-refractivity contribution in [3.05, 3.63) is 35.8 Å². The number of carbonyl (C=O) groups excluding carboxylic acids is 1. The molecule has 0 spiro atoms. The topological polar surface area (TPSA) is 82.2 Å². The number of hydrogen-bond donors (Lipinski definition) is 2. The maximum atomic E-state index is 13.2. The number of halogens is 1. The standard InChI is InChI=1S/C12H13FN4O2/c1-17-11(14)8(6-15-17)12(18)16-7-3-4-9(13)10(5-7)19-2/h3-6H,14H2,1-2H3,(H,16,18). The average Bonchev–Trinajstić information content (AvgIpc) is 2.72. The Balaban J connectivity index is 2.22. The minimum absolute atomic E-state index is 0.0527. The molecule has 0 saturated carbocycles. The monoisotopic (exact) mass is 264 g/mol. The molecule has 0 aliphatic rings. The van der Waals surface area contributed by atoms with Crippen LogP contribution in [0.25, 0.3) is 0 Å². The lowest BCUT2D eigenvalue weighted by atomic mass is 10.2. The molecule has 0 atom stereocenters. The lowest BCUT2D eigenvalue weighted by Crippen LogP contribution is -2.14. The number of nitrogens with zero attached hydrogens (tertiary/aromatic N) is 2. The number of hydrogen-bond acceptors (Lipinski definition) is 4. The van der Waals surface area contributed by atoms with Gasteiger partial charge in [0.05, 0.1) is 13.3 Å². The number of nitrogens with two attached hydrogens (primary N) is 1. The second-order valence-corrected chi connectivity index (χ2v) is 3.87. The van der Waals surface area contributed by atoms with E-state index in [-0.39, 0.29) is 17.1 Å². The van der Waals surface area contributed by atoms with Crippen LogP contribution in [0, 0.1) is 5.82 Å². The second-order valence-electron chi connectivity index (χ2n) is 3.87. The molecule has 1 aromatic carbocycles. The van der Waals surface area contributed by atoms with Crippen molar-refractivity contribution in [1.82, 2.24) is 9.78 Å². The summed E-state index contributed by atoms with van der Waals surface area (Å²) < 4.78 is 19.4. The first-order valence-corrected chi connectivity index (χ1v) is 5.45. The molecule has 0 aliphatic carbocycles. The largest absolute Gasteiger partial charge is 0.494 e. The molecular formula is C12H13FN4O2. The molecule has 2 rings (SSSR count). The number of ether oxygens (including phenoxy) is 1. The van der Waals surface area contributed by atoms with Gasteiger partial charge in [0.15, 0.2) is 11.6 Å². The number of carbonyl (C=O) groups is 1. The van der Waals surface area contributed by atoms with Gasteiger partial charge in [-0.3, -0.25) is 9.48 Å². The third kappa shape index (κ3) is 2.49. The highest BCUT2D eigenvalue weighted by molar-refractivity contribution is 6.07. The van der Waals surface area contributed by atoms with E-state index in [0.29, 0.717) is 5.69 Å². The third-order valence-corrected chi connectivity index (χ3v) is 2.64. The molecule has 0 unspecified atom stereocenters. The Morgan fingerprint density at radius 2 is 2.26 bits per heavy atom. The van der Waals surface area contributed by atoms with E-state index < -0.39 is 11.7 Å². The van der Waals surface area contributed by atoms with Crippen molar-refractivity contribution in [2.24, 2.45) is 7.05 Å². The zero-order chi connectivity index (χ0) is 14.0. The summed E-state index contributed by atoms with van der Waals surface area (Å²) >= 11 is 0. The van der Waals surface area contributed by atoms with Crippen LogP contribution in [0.2, 0.25) is 0 Å². The number of aromatic nitrogens is 2. The van der Waals surface area contributed by atoms with Crippen molar-refractivity contribution in [1.29, 1.82) is 0 Å². The van der Waals surface area contributed by atoms with Crippen LogP contribution < -0.4 is 15.8 Å². The smallest absolute Gasteiger partial charge is 0.261 e. The van der Waals surface area contributed by atoms with Crippen LogP contribution in [0.15, 0.2) is 24.4 Å². The van der Waals surface area contributed by atoms with Crippen molar-refractivity contribution < 1.29 is 13.9 Å². The van der Waals surface area contributed by atoms with E-state index in [2.05, 4.69) is 10.4 Å². The first-order chi connectivity index (χ1) is 9.02. The van der Waals surface area contributed by atoms with E-state index in [1.54, 1.807) is 7.05 Å². The Hall–Kier alpha value is -2.57. The molecular weight excluding hydrogens is 251 g/mol. The summed E-state index contributed by atoms with van der Waals surface area (Å²) in [7, 11) is 2.98. The van der Waals surface area contributed by atoms with Gasteiger partial charge in [0.2, 0.25) is 0 Å². The molecule has 7 heteroatoms. The zero-order valence-corrected chi connectivity index (χ0v) is 10.5. The minimum Gasteiger partial charge on any atom is -0.494 e. The van der Waals surface area contributed by atoms with Gasteiger partial charge in [0, 0.05) is 18.8 Å². The molecule has 2 aromatic rings. The Kier molecular flexibility index (Phi) is 3.37. The molecule has 0 aliphatic heterocycles. The molecule has 0 bridgehead atoms. The lowest BCUT2D eigenvalue weighted by Gasteiger charge is -2.07. The highest BCUT2D eigenvalue weighted by atomic mass is 19.1. The van der Waals surface area contributed by atoms with Gasteiger partial charge in [-0.25, -0.2) is 4.39 Å². The average molecular weight is 264 g/mol. The zero-order valence-electron chi connectivity index (χ0n) is 10.5. The summed E-state index contributed by atoms with van der Waals surface area (Å²) in [6.45, 7) is 0. The van der Waals surface area contributed by atoms with E-state index >= 15 is 0 Å². The van der Waals surface area contributed by atoms with Crippen molar-refractivity contribution in [2.45, 2.75) is 0 Å². The van der Waals surface area contributed by atoms with E-state index in [9.17, 15) is 9.18 Å². The van der Waals surface area contributed by atoms with Gasteiger partial charge in [-0.2, -0.15) is 5.10 Å².